The van der Waals surface area contributed by atoms with Crippen molar-refractivity contribution in [3.05, 3.63) is 61.7 Å². The molecule has 0 saturated carbocycles. The molecule has 2 aromatic rings. The number of hydrogen-bond acceptors (Lipinski definition) is 4. The average molecular weight is 571 g/mol. The van der Waals surface area contributed by atoms with Gasteiger partial charge in [0.1, 0.15) is 0 Å². The number of hydrogen-bond donors (Lipinski definition) is 3. The Morgan fingerprint density at radius 1 is 1.19 bits per heavy atom. The first-order valence-corrected chi connectivity index (χ1v) is 11.9. The molecule has 32 heavy (non-hydrogen) atoms. The Morgan fingerprint density at radius 3 is 2.34 bits per heavy atom. The van der Waals surface area contributed by atoms with Crippen molar-refractivity contribution in [1.82, 2.24) is 10.4 Å². The van der Waals surface area contributed by atoms with Gasteiger partial charge in [0.15, 0.2) is 0 Å². The third kappa shape index (κ3) is 6.70. The first-order valence-electron chi connectivity index (χ1n) is 10.4. The van der Waals surface area contributed by atoms with Crippen LogP contribution >= 0.6 is 34.2 Å². The van der Waals surface area contributed by atoms with E-state index in [0.717, 1.165) is 15.6 Å². The van der Waals surface area contributed by atoms with Crippen LogP contribution in [0.5, 0.6) is 0 Å². The van der Waals surface area contributed by atoms with Crippen molar-refractivity contribution in [2.24, 2.45) is 5.41 Å². The summed E-state index contributed by atoms with van der Waals surface area (Å²) in [6.45, 7) is 10.1. The predicted molar refractivity (Wildman–Crippen MR) is 137 cm³/mol. The molecule has 0 heterocycles. The number of halogens is 2. The summed E-state index contributed by atoms with van der Waals surface area (Å²) in [5, 5.41) is 20.1. The Hall–Kier alpha value is -1.62. The largest absolute Gasteiger partial charge is 0.488 e. The van der Waals surface area contributed by atoms with Gasteiger partial charge in [0.2, 0.25) is 0 Å². The van der Waals surface area contributed by atoms with Gasteiger partial charge in [-0.25, -0.2) is 5.01 Å². The maximum absolute atomic E-state index is 13.6. The van der Waals surface area contributed by atoms with Crippen molar-refractivity contribution in [2.75, 3.05) is 0 Å². The van der Waals surface area contributed by atoms with E-state index in [1.165, 1.54) is 23.2 Å². The highest BCUT2D eigenvalue weighted by atomic mass is 127. The molecule has 0 spiro atoms. The SMILES string of the molecule is CCC[C@@H](N(NC(=O)c1ccc(B(O)O)cc1Cl)C(=O)c1cc(C)cc(I)c1)C(C)(C)C. The minimum Gasteiger partial charge on any atom is -0.423 e. The quantitative estimate of drug-likeness (QED) is 0.279. The smallest absolute Gasteiger partial charge is 0.423 e. The van der Waals surface area contributed by atoms with Crippen molar-refractivity contribution in [3.63, 3.8) is 0 Å². The van der Waals surface area contributed by atoms with Gasteiger partial charge in [0.05, 0.1) is 16.6 Å². The van der Waals surface area contributed by atoms with Gasteiger partial charge in [0, 0.05) is 9.13 Å². The zero-order chi connectivity index (χ0) is 24.2. The van der Waals surface area contributed by atoms with Crippen LogP contribution in [0.3, 0.4) is 0 Å². The van der Waals surface area contributed by atoms with Gasteiger partial charge < -0.3 is 10.0 Å². The van der Waals surface area contributed by atoms with Crippen molar-refractivity contribution in [1.29, 1.82) is 0 Å². The average Bonchev–Trinajstić information content (AvgIpc) is 2.68. The number of amides is 2. The molecule has 9 heteroatoms. The Bertz CT molecular complexity index is 974. The molecule has 0 aromatic heterocycles. The van der Waals surface area contributed by atoms with Crippen LogP contribution in [0.15, 0.2) is 36.4 Å². The summed E-state index contributed by atoms with van der Waals surface area (Å²) in [7, 11) is -1.69. The van der Waals surface area contributed by atoms with Crippen LogP contribution in [-0.4, -0.2) is 40.0 Å². The monoisotopic (exact) mass is 570 g/mol. The first-order chi connectivity index (χ1) is 14.8. The molecule has 0 aliphatic carbocycles. The van der Waals surface area contributed by atoms with E-state index >= 15 is 0 Å². The number of hydrazine groups is 1. The molecule has 172 valence electrons. The zero-order valence-corrected chi connectivity index (χ0v) is 21.9. The molecule has 1 atom stereocenters. The van der Waals surface area contributed by atoms with E-state index in [2.05, 4.69) is 28.0 Å². The van der Waals surface area contributed by atoms with Gasteiger partial charge >= 0.3 is 7.12 Å². The number of nitrogens with zero attached hydrogens (tertiary/aromatic N) is 1. The minimum atomic E-state index is -1.69. The lowest BCUT2D eigenvalue weighted by molar-refractivity contribution is 0.0271. The van der Waals surface area contributed by atoms with Gasteiger partial charge in [-0.05, 0) is 82.7 Å². The van der Waals surface area contributed by atoms with E-state index in [0.29, 0.717) is 12.0 Å². The lowest BCUT2D eigenvalue weighted by Gasteiger charge is -2.40. The van der Waals surface area contributed by atoms with Gasteiger partial charge in [0.25, 0.3) is 11.8 Å². The Balaban J connectivity index is 2.48. The number of carbonyl (C=O) groups excluding carboxylic acids is 2. The lowest BCUT2D eigenvalue weighted by Crippen LogP contribution is -2.56. The van der Waals surface area contributed by atoms with E-state index in [4.69, 9.17) is 11.6 Å². The number of rotatable bonds is 6. The van der Waals surface area contributed by atoms with Crippen molar-refractivity contribution >= 4 is 58.6 Å². The predicted octanol–water partition coefficient (Wildman–Crippen LogP) is 3.93. The summed E-state index contributed by atoms with van der Waals surface area (Å²) < 4.78 is 0.932. The molecular weight excluding hydrogens is 541 g/mol. The summed E-state index contributed by atoms with van der Waals surface area (Å²) in [6.07, 6.45) is 1.53. The summed E-state index contributed by atoms with van der Waals surface area (Å²) >= 11 is 8.40. The number of aryl methyl sites for hydroxylation is 1. The highest BCUT2D eigenvalue weighted by Crippen LogP contribution is 2.29. The molecule has 0 radical (unpaired) electrons. The summed E-state index contributed by atoms with van der Waals surface area (Å²) in [5.74, 6) is -0.845. The van der Waals surface area contributed by atoms with Crippen LogP contribution < -0.4 is 10.9 Å². The molecule has 2 amide bonds. The maximum atomic E-state index is 13.6. The summed E-state index contributed by atoms with van der Waals surface area (Å²) in [4.78, 5) is 26.8. The molecule has 6 nitrogen and oxygen atoms in total. The highest BCUT2D eigenvalue weighted by molar-refractivity contribution is 14.1. The third-order valence-electron chi connectivity index (χ3n) is 5.14. The van der Waals surface area contributed by atoms with E-state index < -0.39 is 13.0 Å². The second kappa shape index (κ2) is 11.0. The van der Waals surface area contributed by atoms with Crippen LogP contribution in [0.25, 0.3) is 0 Å². The number of carbonyl (C=O) groups is 2. The second-order valence-electron chi connectivity index (χ2n) is 8.92. The third-order valence-corrected chi connectivity index (χ3v) is 6.07. The van der Waals surface area contributed by atoms with Crippen LogP contribution in [-0.2, 0) is 0 Å². The number of benzene rings is 2. The van der Waals surface area contributed by atoms with E-state index in [-0.39, 0.29) is 33.4 Å². The molecule has 2 aromatic carbocycles. The highest BCUT2D eigenvalue weighted by Gasteiger charge is 2.35. The minimum absolute atomic E-state index is 0.0633. The molecule has 0 saturated heterocycles. The van der Waals surface area contributed by atoms with E-state index in [9.17, 15) is 19.6 Å². The van der Waals surface area contributed by atoms with Gasteiger partial charge in [-0.15, -0.1) is 0 Å². The van der Waals surface area contributed by atoms with Crippen molar-refractivity contribution in [3.8, 4) is 0 Å². The Labute approximate surface area is 208 Å². The number of nitrogens with one attached hydrogen (secondary N) is 1. The van der Waals surface area contributed by atoms with Crippen molar-refractivity contribution in [2.45, 2.75) is 53.5 Å². The fourth-order valence-electron chi connectivity index (χ4n) is 3.54. The van der Waals surface area contributed by atoms with Crippen LogP contribution in [0.1, 0.15) is 66.8 Å². The fraction of sp³-hybridized carbons (Fsp3) is 0.391. The Morgan fingerprint density at radius 2 is 1.84 bits per heavy atom. The maximum Gasteiger partial charge on any atom is 0.488 e. The first kappa shape index (κ1) is 26.6. The van der Waals surface area contributed by atoms with Crippen LogP contribution in [0, 0.1) is 15.9 Å². The van der Waals surface area contributed by atoms with Crippen LogP contribution in [0.2, 0.25) is 5.02 Å². The second-order valence-corrected chi connectivity index (χ2v) is 10.6. The summed E-state index contributed by atoms with van der Waals surface area (Å²) in [6, 6.07) is 9.46. The van der Waals surface area contributed by atoms with Crippen molar-refractivity contribution < 1.29 is 19.6 Å². The molecule has 0 aliphatic heterocycles. The lowest BCUT2D eigenvalue weighted by atomic mass is 9.80. The normalized spacial score (nSPS) is 12.3. The fourth-order valence-corrected chi connectivity index (χ4v) is 4.64. The molecule has 0 unspecified atom stereocenters. The van der Waals surface area contributed by atoms with E-state index in [1.54, 1.807) is 12.1 Å². The van der Waals surface area contributed by atoms with E-state index in [1.807, 2.05) is 40.7 Å². The zero-order valence-electron chi connectivity index (χ0n) is 18.9. The molecule has 3 N–H and O–H groups in total. The van der Waals surface area contributed by atoms with Gasteiger partial charge in [-0.3, -0.25) is 15.0 Å². The molecule has 0 bridgehead atoms. The topological polar surface area (TPSA) is 89.9 Å². The van der Waals surface area contributed by atoms with Gasteiger partial charge in [-0.2, -0.15) is 0 Å². The molecule has 0 aliphatic rings. The Kier molecular flexibility index (Phi) is 9.16. The molecule has 2 rings (SSSR count). The molecular formula is C23H29BClIN2O4. The van der Waals surface area contributed by atoms with Gasteiger partial charge in [-0.1, -0.05) is 51.8 Å². The van der Waals surface area contributed by atoms with Crippen LogP contribution in [0.4, 0.5) is 0 Å². The standard InChI is InChI=1S/C23H29BClIN2O4/c1-6-7-20(23(3,4)5)28(22(30)15-10-14(2)11-17(26)12-15)27-21(29)18-9-8-16(24(31)32)13-19(18)25/h8-13,20,31-32H,6-7H2,1-5H3,(H,27,29)/t20-/m1/s1. The summed E-state index contributed by atoms with van der Waals surface area (Å²) in [5.41, 5.74) is 4.24. The molecule has 0 fully saturated rings.